The highest BCUT2D eigenvalue weighted by Gasteiger charge is 1.85. The van der Waals surface area contributed by atoms with Gasteiger partial charge in [0.15, 0.2) is 0 Å². The van der Waals surface area contributed by atoms with Crippen LogP contribution in [0.15, 0.2) is 24.3 Å². The van der Waals surface area contributed by atoms with Crippen LogP contribution in [-0.4, -0.2) is 13.6 Å². The summed E-state index contributed by atoms with van der Waals surface area (Å²) in [6.07, 6.45) is 20.9. The standard InChI is InChI=1S/C16H31N/c1-3-4-5-6-7-8-9-10-11-12-13-14-15-16-17-2/h7-8,10-11,17H,3-6,9,12-16H2,1-2H3/b8-7-,11-10-. The lowest BCUT2D eigenvalue weighted by molar-refractivity contribution is 0.647. The molecule has 0 aliphatic carbocycles. The van der Waals surface area contributed by atoms with Crippen LogP contribution in [0.1, 0.15) is 64.7 Å². The normalized spacial score (nSPS) is 11.9. The van der Waals surface area contributed by atoms with E-state index in [0.29, 0.717) is 0 Å². The van der Waals surface area contributed by atoms with Gasteiger partial charge in [-0.25, -0.2) is 0 Å². The molecule has 1 nitrogen and oxygen atoms in total. The summed E-state index contributed by atoms with van der Waals surface area (Å²) in [5, 5.41) is 3.18. The summed E-state index contributed by atoms with van der Waals surface area (Å²) in [5.41, 5.74) is 0. The molecular formula is C16H31N. The molecule has 0 atom stereocenters. The van der Waals surface area contributed by atoms with E-state index in [1.165, 1.54) is 51.4 Å². The van der Waals surface area contributed by atoms with Crippen molar-refractivity contribution in [1.29, 1.82) is 0 Å². The Morgan fingerprint density at radius 1 is 0.765 bits per heavy atom. The van der Waals surface area contributed by atoms with Gasteiger partial charge in [-0.2, -0.15) is 0 Å². The summed E-state index contributed by atoms with van der Waals surface area (Å²) < 4.78 is 0. The molecule has 0 aromatic carbocycles. The fraction of sp³-hybridized carbons (Fsp3) is 0.750. The van der Waals surface area contributed by atoms with Crippen molar-refractivity contribution in [2.45, 2.75) is 64.7 Å². The molecule has 1 heteroatoms. The van der Waals surface area contributed by atoms with Crippen molar-refractivity contribution >= 4 is 0 Å². The van der Waals surface area contributed by atoms with Crippen molar-refractivity contribution in [3.8, 4) is 0 Å². The highest BCUT2D eigenvalue weighted by atomic mass is 14.8. The molecule has 0 rings (SSSR count). The molecule has 0 heterocycles. The van der Waals surface area contributed by atoms with E-state index in [4.69, 9.17) is 0 Å². The van der Waals surface area contributed by atoms with Gasteiger partial charge in [-0.05, 0) is 52.1 Å². The van der Waals surface area contributed by atoms with Crippen molar-refractivity contribution in [3.63, 3.8) is 0 Å². The lowest BCUT2D eigenvalue weighted by Crippen LogP contribution is -2.06. The molecule has 100 valence electrons. The third-order valence-electron chi connectivity index (χ3n) is 2.88. The van der Waals surface area contributed by atoms with Crippen LogP contribution in [0.3, 0.4) is 0 Å². The second kappa shape index (κ2) is 15.4. The van der Waals surface area contributed by atoms with Crippen LogP contribution in [0.25, 0.3) is 0 Å². The Labute approximate surface area is 108 Å². The predicted molar refractivity (Wildman–Crippen MR) is 79.4 cm³/mol. The van der Waals surface area contributed by atoms with Gasteiger partial charge in [0.2, 0.25) is 0 Å². The first kappa shape index (κ1) is 16.4. The van der Waals surface area contributed by atoms with Crippen LogP contribution >= 0.6 is 0 Å². The minimum absolute atomic E-state index is 1.11. The lowest BCUT2D eigenvalue weighted by atomic mass is 10.1. The number of allylic oxidation sites excluding steroid dienone is 4. The van der Waals surface area contributed by atoms with E-state index in [1.807, 2.05) is 7.05 Å². The maximum absolute atomic E-state index is 3.18. The van der Waals surface area contributed by atoms with E-state index in [0.717, 1.165) is 13.0 Å². The van der Waals surface area contributed by atoms with E-state index in [2.05, 4.69) is 36.5 Å². The number of rotatable bonds is 12. The zero-order chi connectivity index (χ0) is 12.6. The van der Waals surface area contributed by atoms with Crippen LogP contribution in [0.2, 0.25) is 0 Å². The minimum atomic E-state index is 1.11. The van der Waals surface area contributed by atoms with E-state index in [-0.39, 0.29) is 0 Å². The zero-order valence-electron chi connectivity index (χ0n) is 11.9. The van der Waals surface area contributed by atoms with Crippen molar-refractivity contribution in [3.05, 3.63) is 24.3 Å². The summed E-state index contributed by atoms with van der Waals surface area (Å²) in [5.74, 6) is 0. The average molecular weight is 237 g/mol. The average Bonchev–Trinajstić information content (AvgIpc) is 2.35. The van der Waals surface area contributed by atoms with Gasteiger partial charge in [0.25, 0.3) is 0 Å². The molecular weight excluding hydrogens is 206 g/mol. The monoisotopic (exact) mass is 237 g/mol. The molecule has 0 amide bonds. The highest BCUT2D eigenvalue weighted by molar-refractivity contribution is 4.92. The summed E-state index contributed by atoms with van der Waals surface area (Å²) >= 11 is 0. The van der Waals surface area contributed by atoms with Crippen molar-refractivity contribution in [1.82, 2.24) is 5.32 Å². The topological polar surface area (TPSA) is 12.0 Å². The van der Waals surface area contributed by atoms with Crippen LogP contribution in [0.4, 0.5) is 0 Å². The second-order valence-electron chi connectivity index (χ2n) is 4.63. The Hall–Kier alpha value is -0.560. The van der Waals surface area contributed by atoms with E-state index < -0.39 is 0 Å². The summed E-state index contributed by atoms with van der Waals surface area (Å²) in [6.45, 7) is 3.41. The molecule has 0 spiro atoms. The number of unbranched alkanes of at least 4 members (excludes halogenated alkanes) is 6. The minimum Gasteiger partial charge on any atom is -0.320 e. The highest BCUT2D eigenvalue weighted by Crippen LogP contribution is 2.02. The zero-order valence-corrected chi connectivity index (χ0v) is 11.9. The molecule has 17 heavy (non-hydrogen) atoms. The summed E-state index contributed by atoms with van der Waals surface area (Å²) in [4.78, 5) is 0. The van der Waals surface area contributed by atoms with Crippen LogP contribution in [0, 0.1) is 0 Å². The molecule has 0 bridgehead atoms. The van der Waals surface area contributed by atoms with E-state index in [9.17, 15) is 0 Å². The molecule has 0 aliphatic rings. The predicted octanol–water partition coefficient (Wildman–Crippen LogP) is 4.85. The first-order valence-electron chi connectivity index (χ1n) is 7.36. The molecule has 0 aliphatic heterocycles. The third kappa shape index (κ3) is 15.4. The van der Waals surface area contributed by atoms with Gasteiger partial charge in [-0.1, -0.05) is 50.5 Å². The molecule has 0 aromatic heterocycles. The molecule has 0 saturated carbocycles. The van der Waals surface area contributed by atoms with Crippen LogP contribution in [0.5, 0.6) is 0 Å². The molecule has 1 N–H and O–H groups in total. The Balaban J connectivity index is 3.13. The van der Waals surface area contributed by atoms with Crippen LogP contribution < -0.4 is 5.32 Å². The molecule has 0 aromatic rings. The maximum atomic E-state index is 3.18. The van der Waals surface area contributed by atoms with E-state index >= 15 is 0 Å². The number of hydrogen-bond donors (Lipinski definition) is 1. The Morgan fingerprint density at radius 3 is 2.00 bits per heavy atom. The van der Waals surface area contributed by atoms with Gasteiger partial charge in [-0.15, -0.1) is 0 Å². The number of nitrogens with one attached hydrogen (secondary N) is 1. The van der Waals surface area contributed by atoms with Gasteiger partial charge in [0.1, 0.15) is 0 Å². The van der Waals surface area contributed by atoms with E-state index in [1.54, 1.807) is 0 Å². The van der Waals surface area contributed by atoms with Gasteiger partial charge < -0.3 is 5.32 Å². The molecule has 0 saturated heterocycles. The first-order valence-corrected chi connectivity index (χ1v) is 7.36. The molecule has 0 unspecified atom stereocenters. The Kier molecular flexibility index (Phi) is 14.9. The maximum Gasteiger partial charge on any atom is -0.00519 e. The summed E-state index contributed by atoms with van der Waals surface area (Å²) in [6, 6.07) is 0. The van der Waals surface area contributed by atoms with Crippen molar-refractivity contribution < 1.29 is 0 Å². The fourth-order valence-corrected chi connectivity index (χ4v) is 1.76. The number of hydrogen-bond acceptors (Lipinski definition) is 1. The van der Waals surface area contributed by atoms with Gasteiger partial charge in [-0.3, -0.25) is 0 Å². The largest absolute Gasteiger partial charge is 0.320 e. The fourth-order valence-electron chi connectivity index (χ4n) is 1.76. The third-order valence-corrected chi connectivity index (χ3v) is 2.88. The van der Waals surface area contributed by atoms with Gasteiger partial charge in [0.05, 0.1) is 0 Å². The van der Waals surface area contributed by atoms with Gasteiger partial charge in [0, 0.05) is 0 Å². The van der Waals surface area contributed by atoms with Crippen molar-refractivity contribution in [2.75, 3.05) is 13.6 Å². The summed E-state index contributed by atoms with van der Waals surface area (Å²) in [7, 11) is 2.02. The Morgan fingerprint density at radius 2 is 1.41 bits per heavy atom. The smallest absolute Gasteiger partial charge is 0.00519 e. The molecule has 0 fully saturated rings. The first-order chi connectivity index (χ1) is 8.41. The SMILES string of the molecule is CCCCC/C=C\C/C=C\CCCCCNC. The Bertz CT molecular complexity index is 182. The van der Waals surface area contributed by atoms with Crippen LogP contribution in [-0.2, 0) is 0 Å². The lowest BCUT2D eigenvalue weighted by Gasteiger charge is -1.97. The van der Waals surface area contributed by atoms with Gasteiger partial charge >= 0.3 is 0 Å². The second-order valence-corrected chi connectivity index (χ2v) is 4.63. The quantitative estimate of drug-likeness (QED) is 0.378. The molecule has 0 radical (unpaired) electrons. The van der Waals surface area contributed by atoms with Crippen molar-refractivity contribution in [2.24, 2.45) is 0 Å².